The van der Waals surface area contributed by atoms with E-state index < -0.39 is 0 Å². The molecule has 0 atom stereocenters. The van der Waals surface area contributed by atoms with Crippen molar-refractivity contribution < 1.29 is 0 Å². The second-order valence-corrected chi connectivity index (χ2v) is 3.55. The molecule has 0 aliphatic carbocycles. The number of nitrogens with one attached hydrogen (secondary N) is 1. The molecule has 5 nitrogen and oxygen atoms in total. The van der Waals surface area contributed by atoms with Gasteiger partial charge in [0, 0.05) is 12.2 Å². The standard InChI is InChI=1S/C11H15N5/c1-3-10-4-9(6-12-2)5-11(15-10)16-8-13-7-14-16/h4-5,7-8,12H,3,6H2,1-2H3. The highest BCUT2D eigenvalue weighted by Gasteiger charge is 2.03. The molecule has 2 rings (SSSR count). The summed E-state index contributed by atoms with van der Waals surface area (Å²) in [4.78, 5) is 8.44. The number of hydrogen-bond donors (Lipinski definition) is 1. The lowest BCUT2D eigenvalue weighted by molar-refractivity contribution is 0.790. The van der Waals surface area contributed by atoms with Crippen LogP contribution in [0.15, 0.2) is 24.8 Å². The SMILES string of the molecule is CCc1cc(CNC)cc(-n2cncn2)n1. The first-order valence-electron chi connectivity index (χ1n) is 5.33. The zero-order valence-electron chi connectivity index (χ0n) is 9.51. The smallest absolute Gasteiger partial charge is 0.155 e. The van der Waals surface area contributed by atoms with Gasteiger partial charge in [0.1, 0.15) is 12.7 Å². The normalized spacial score (nSPS) is 10.6. The van der Waals surface area contributed by atoms with Gasteiger partial charge in [0.15, 0.2) is 5.82 Å². The van der Waals surface area contributed by atoms with Gasteiger partial charge in [-0.2, -0.15) is 5.10 Å². The minimum atomic E-state index is 0.821. The topological polar surface area (TPSA) is 55.6 Å². The Morgan fingerprint density at radius 3 is 2.88 bits per heavy atom. The molecule has 0 aromatic carbocycles. The van der Waals surface area contributed by atoms with Gasteiger partial charge in [0.2, 0.25) is 0 Å². The van der Waals surface area contributed by atoms with Crippen molar-refractivity contribution in [2.24, 2.45) is 0 Å². The average Bonchev–Trinajstić information content (AvgIpc) is 2.82. The van der Waals surface area contributed by atoms with E-state index in [1.807, 2.05) is 13.1 Å². The molecular weight excluding hydrogens is 202 g/mol. The van der Waals surface area contributed by atoms with Crippen LogP contribution in [0.2, 0.25) is 0 Å². The van der Waals surface area contributed by atoms with Gasteiger partial charge in [-0.1, -0.05) is 6.92 Å². The lowest BCUT2D eigenvalue weighted by Crippen LogP contribution is -2.08. The molecule has 0 aliphatic heterocycles. The van der Waals surface area contributed by atoms with Crippen molar-refractivity contribution in [1.29, 1.82) is 0 Å². The van der Waals surface area contributed by atoms with Crippen LogP contribution in [0, 0.1) is 0 Å². The van der Waals surface area contributed by atoms with Crippen molar-refractivity contribution in [3.8, 4) is 5.82 Å². The van der Waals surface area contributed by atoms with Crippen LogP contribution >= 0.6 is 0 Å². The van der Waals surface area contributed by atoms with Gasteiger partial charge in [-0.15, -0.1) is 0 Å². The van der Waals surface area contributed by atoms with Crippen LogP contribution < -0.4 is 5.32 Å². The molecule has 0 amide bonds. The molecule has 0 saturated heterocycles. The largest absolute Gasteiger partial charge is 0.316 e. The quantitative estimate of drug-likeness (QED) is 0.828. The number of aromatic nitrogens is 4. The van der Waals surface area contributed by atoms with Gasteiger partial charge < -0.3 is 5.32 Å². The Morgan fingerprint density at radius 2 is 2.25 bits per heavy atom. The van der Waals surface area contributed by atoms with Crippen LogP contribution in [0.4, 0.5) is 0 Å². The third-order valence-corrected chi connectivity index (χ3v) is 2.32. The molecule has 0 radical (unpaired) electrons. The van der Waals surface area contributed by atoms with Crippen molar-refractivity contribution in [2.75, 3.05) is 7.05 Å². The third-order valence-electron chi connectivity index (χ3n) is 2.32. The first-order valence-corrected chi connectivity index (χ1v) is 5.33. The van der Waals surface area contributed by atoms with Gasteiger partial charge in [0.25, 0.3) is 0 Å². The van der Waals surface area contributed by atoms with Gasteiger partial charge >= 0.3 is 0 Å². The fourth-order valence-corrected chi connectivity index (χ4v) is 1.56. The molecular formula is C11H15N5. The fourth-order valence-electron chi connectivity index (χ4n) is 1.56. The summed E-state index contributed by atoms with van der Waals surface area (Å²) >= 11 is 0. The van der Waals surface area contributed by atoms with Crippen LogP contribution in [-0.2, 0) is 13.0 Å². The molecule has 0 spiro atoms. The summed E-state index contributed by atoms with van der Waals surface area (Å²) in [6.07, 6.45) is 4.09. The predicted octanol–water partition coefficient (Wildman–Crippen LogP) is 0.944. The van der Waals surface area contributed by atoms with E-state index in [0.29, 0.717) is 0 Å². The van der Waals surface area contributed by atoms with Crippen LogP contribution in [0.1, 0.15) is 18.2 Å². The summed E-state index contributed by atoms with van der Waals surface area (Å²) in [5.41, 5.74) is 2.28. The molecule has 84 valence electrons. The van der Waals surface area contributed by atoms with Crippen molar-refractivity contribution in [1.82, 2.24) is 25.1 Å². The predicted molar refractivity (Wildman–Crippen MR) is 61.3 cm³/mol. The van der Waals surface area contributed by atoms with Crippen LogP contribution in [0.3, 0.4) is 0 Å². The molecule has 0 bridgehead atoms. The van der Waals surface area contributed by atoms with E-state index in [1.165, 1.54) is 11.9 Å². The maximum atomic E-state index is 4.51. The van der Waals surface area contributed by atoms with E-state index in [9.17, 15) is 0 Å². The monoisotopic (exact) mass is 217 g/mol. The van der Waals surface area contributed by atoms with Crippen molar-refractivity contribution >= 4 is 0 Å². The second-order valence-electron chi connectivity index (χ2n) is 3.55. The van der Waals surface area contributed by atoms with E-state index in [4.69, 9.17) is 0 Å². The summed E-state index contributed by atoms with van der Waals surface area (Å²) in [6.45, 7) is 2.92. The van der Waals surface area contributed by atoms with Crippen molar-refractivity contribution in [2.45, 2.75) is 19.9 Å². The molecule has 0 fully saturated rings. The fraction of sp³-hybridized carbons (Fsp3) is 0.364. The number of hydrogen-bond acceptors (Lipinski definition) is 4. The minimum absolute atomic E-state index is 0.821. The summed E-state index contributed by atoms with van der Waals surface area (Å²) in [7, 11) is 1.93. The molecule has 0 saturated carbocycles. The summed E-state index contributed by atoms with van der Waals surface area (Å²) < 4.78 is 1.68. The lowest BCUT2D eigenvalue weighted by Gasteiger charge is -2.07. The number of nitrogens with zero attached hydrogens (tertiary/aromatic N) is 4. The van der Waals surface area contributed by atoms with Crippen molar-refractivity contribution in [3.63, 3.8) is 0 Å². The highest BCUT2D eigenvalue weighted by Crippen LogP contribution is 2.09. The van der Waals surface area contributed by atoms with E-state index in [-0.39, 0.29) is 0 Å². The van der Waals surface area contributed by atoms with E-state index in [1.54, 1.807) is 11.0 Å². The molecule has 0 unspecified atom stereocenters. The highest BCUT2D eigenvalue weighted by molar-refractivity contribution is 5.30. The lowest BCUT2D eigenvalue weighted by atomic mass is 10.2. The zero-order chi connectivity index (χ0) is 11.4. The molecule has 16 heavy (non-hydrogen) atoms. The van der Waals surface area contributed by atoms with E-state index >= 15 is 0 Å². The number of aryl methyl sites for hydroxylation is 1. The summed E-state index contributed by atoms with van der Waals surface area (Å²) in [5.74, 6) is 0.821. The van der Waals surface area contributed by atoms with Crippen LogP contribution in [0.25, 0.3) is 5.82 Å². The molecule has 2 heterocycles. The maximum absolute atomic E-state index is 4.51. The Bertz CT molecular complexity index is 449. The Balaban J connectivity index is 2.41. The van der Waals surface area contributed by atoms with Gasteiger partial charge in [-0.25, -0.2) is 14.6 Å². The maximum Gasteiger partial charge on any atom is 0.155 e. The zero-order valence-corrected chi connectivity index (χ0v) is 9.51. The summed E-state index contributed by atoms with van der Waals surface area (Å²) in [6, 6.07) is 4.13. The van der Waals surface area contributed by atoms with Crippen molar-refractivity contribution in [3.05, 3.63) is 36.0 Å². The van der Waals surface area contributed by atoms with Crippen LogP contribution in [0.5, 0.6) is 0 Å². The van der Waals surface area contributed by atoms with Gasteiger partial charge in [0.05, 0.1) is 0 Å². The summed E-state index contributed by atoms with van der Waals surface area (Å²) in [5, 5.41) is 7.22. The number of pyridine rings is 1. The molecule has 2 aromatic heterocycles. The first kappa shape index (κ1) is 10.8. The number of rotatable bonds is 4. The molecule has 2 aromatic rings. The Labute approximate surface area is 94.5 Å². The second kappa shape index (κ2) is 4.85. The first-order chi connectivity index (χ1) is 7.83. The van der Waals surface area contributed by atoms with E-state index in [0.717, 1.165) is 24.5 Å². The average molecular weight is 217 g/mol. The Morgan fingerprint density at radius 1 is 1.38 bits per heavy atom. The Kier molecular flexibility index (Phi) is 3.26. The molecule has 5 heteroatoms. The van der Waals surface area contributed by atoms with Gasteiger partial charge in [-0.3, -0.25) is 0 Å². The molecule has 0 aliphatic rings. The highest BCUT2D eigenvalue weighted by atomic mass is 15.3. The molecule has 1 N–H and O–H groups in total. The van der Waals surface area contributed by atoms with Crippen LogP contribution in [-0.4, -0.2) is 26.8 Å². The minimum Gasteiger partial charge on any atom is -0.316 e. The van der Waals surface area contributed by atoms with E-state index in [2.05, 4.69) is 33.4 Å². The van der Waals surface area contributed by atoms with Gasteiger partial charge in [-0.05, 0) is 31.2 Å². The third kappa shape index (κ3) is 2.25. The Hall–Kier alpha value is -1.75.